The Morgan fingerprint density at radius 2 is 2.08 bits per heavy atom. The number of oxazole rings is 1. The Bertz CT molecular complexity index is 669. The molecule has 2 aromatic rings. The first kappa shape index (κ1) is 17.9. The van der Waals surface area contributed by atoms with Gasteiger partial charge in [-0.3, -0.25) is 9.80 Å². The smallest absolute Gasteiger partial charge is 0.209 e. The number of ether oxygens (including phenoxy) is 1. The van der Waals surface area contributed by atoms with Gasteiger partial charge >= 0.3 is 0 Å². The maximum absolute atomic E-state index is 9.58. The second kappa shape index (κ2) is 7.99. The van der Waals surface area contributed by atoms with Crippen LogP contribution in [0.1, 0.15) is 19.7 Å². The Balaban J connectivity index is 1.58. The van der Waals surface area contributed by atoms with Gasteiger partial charge in [-0.2, -0.15) is 0 Å². The van der Waals surface area contributed by atoms with Crippen LogP contribution in [-0.4, -0.2) is 65.3 Å². The summed E-state index contributed by atoms with van der Waals surface area (Å²) < 4.78 is 11.1. The van der Waals surface area contributed by atoms with Crippen molar-refractivity contribution in [3.05, 3.63) is 36.4 Å². The van der Waals surface area contributed by atoms with Gasteiger partial charge < -0.3 is 14.3 Å². The third-order valence-corrected chi connectivity index (χ3v) is 4.63. The molecule has 3 rings (SSSR count). The average Bonchev–Trinajstić information content (AvgIpc) is 3.05. The number of aliphatic hydroxyl groups excluding tert-OH is 1. The third kappa shape index (κ3) is 4.60. The Labute approximate surface area is 149 Å². The highest BCUT2D eigenvalue weighted by Gasteiger charge is 2.25. The molecule has 1 N–H and O–H groups in total. The highest BCUT2D eigenvalue weighted by Crippen LogP contribution is 2.24. The van der Waals surface area contributed by atoms with E-state index in [1.165, 1.54) is 0 Å². The first-order chi connectivity index (χ1) is 12.0. The van der Waals surface area contributed by atoms with Crippen molar-refractivity contribution < 1.29 is 14.3 Å². The fourth-order valence-corrected chi connectivity index (χ4v) is 3.29. The number of hydrogen-bond acceptors (Lipinski definition) is 6. The fourth-order valence-electron chi connectivity index (χ4n) is 3.29. The zero-order chi connectivity index (χ0) is 17.8. The summed E-state index contributed by atoms with van der Waals surface area (Å²) in [7, 11) is 1.66. The van der Waals surface area contributed by atoms with E-state index in [1.807, 2.05) is 31.2 Å². The van der Waals surface area contributed by atoms with Crippen molar-refractivity contribution in [2.24, 2.45) is 0 Å². The van der Waals surface area contributed by atoms with E-state index in [0.717, 1.165) is 49.1 Å². The lowest BCUT2D eigenvalue weighted by Gasteiger charge is -2.39. The van der Waals surface area contributed by atoms with Gasteiger partial charge in [0.2, 0.25) is 5.89 Å². The van der Waals surface area contributed by atoms with Crippen LogP contribution in [0.5, 0.6) is 5.75 Å². The third-order valence-electron chi connectivity index (χ3n) is 4.63. The van der Waals surface area contributed by atoms with Crippen LogP contribution in [0.15, 0.2) is 34.9 Å². The van der Waals surface area contributed by atoms with E-state index in [0.29, 0.717) is 12.6 Å². The lowest BCUT2D eigenvalue weighted by molar-refractivity contribution is 0.0393. The highest BCUT2D eigenvalue weighted by molar-refractivity contribution is 5.57. The predicted molar refractivity (Wildman–Crippen MR) is 96.5 cm³/mol. The lowest BCUT2D eigenvalue weighted by atomic mass is 10.1. The molecule has 6 nitrogen and oxygen atoms in total. The van der Waals surface area contributed by atoms with Crippen LogP contribution in [0.3, 0.4) is 0 Å². The molecule has 0 bridgehead atoms. The second-order valence-corrected chi connectivity index (χ2v) is 6.77. The molecule has 0 radical (unpaired) electrons. The Morgan fingerprint density at radius 1 is 1.32 bits per heavy atom. The van der Waals surface area contributed by atoms with Gasteiger partial charge in [-0.05, 0) is 38.1 Å². The summed E-state index contributed by atoms with van der Waals surface area (Å²) >= 11 is 0. The summed E-state index contributed by atoms with van der Waals surface area (Å²) in [5.41, 5.74) is 0.995. The summed E-state index contributed by atoms with van der Waals surface area (Å²) in [6, 6.07) is 8.20. The number of aromatic nitrogens is 1. The van der Waals surface area contributed by atoms with E-state index < -0.39 is 0 Å². The maximum atomic E-state index is 9.58. The fraction of sp³-hybridized carbons (Fsp3) is 0.526. The quantitative estimate of drug-likeness (QED) is 0.866. The van der Waals surface area contributed by atoms with E-state index >= 15 is 0 Å². The number of piperazine rings is 1. The molecule has 1 aromatic heterocycles. The molecule has 25 heavy (non-hydrogen) atoms. The first-order valence-corrected chi connectivity index (χ1v) is 8.78. The van der Waals surface area contributed by atoms with Crippen molar-refractivity contribution in [3.63, 3.8) is 0 Å². The Morgan fingerprint density at radius 3 is 2.72 bits per heavy atom. The Hall–Kier alpha value is -1.89. The normalized spacial score (nSPS) is 20.6. The summed E-state index contributed by atoms with van der Waals surface area (Å²) in [5, 5.41) is 9.58. The van der Waals surface area contributed by atoms with Gasteiger partial charge in [-0.1, -0.05) is 0 Å². The van der Waals surface area contributed by atoms with Crippen molar-refractivity contribution in [2.75, 3.05) is 33.3 Å². The van der Waals surface area contributed by atoms with Gasteiger partial charge in [0.05, 0.1) is 26.0 Å². The number of aliphatic hydroxyl groups is 1. The molecule has 1 fully saturated rings. The molecular formula is C19H27N3O3. The van der Waals surface area contributed by atoms with Gasteiger partial charge in [-0.15, -0.1) is 0 Å². The minimum absolute atomic E-state index is 0.284. The topological polar surface area (TPSA) is 62.0 Å². The van der Waals surface area contributed by atoms with Crippen molar-refractivity contribution in [1.82, 2.24) is 14.8 Å². The maximum Gasteiger partial charge on any atom is 0.209 e. The van der Waals surface area contributed by atoms with Crippen molar-refractivity contribution >= 4 is 0 Å². The van der Waals surface area contributed by atoms with Gasteiger partial charge in [-0.25, -0.2) is 4.98 Å². The molecule has 0 saturated carbocycles. The van der Waals surface area contributed by atoms with Gasteiger partial charge in [0.25, 0.3) is 0 Å². The molecule has 1 saturated heterocycles. The summed E-state index contributed by atoms with van der Waals surface area (Å²) in [6.07, 6.45) is 1.50. The van der Waals surface area contributed by atoms with Gasteiger partial charge in [0.1, 0.15) is 5.75 Å². The first-order valence-electron chi connectivity index (χ1n) is 8.78. The molecule has 6 heteroatoms. The SMILES string of the molecule is COc1ccc(-c2cnc(CN3CCN(C[C@H](C)O)[C@H](C)C3)o2)cc1. The van der Waals surface area contributed by atoms with Crippen LogP contribution in [0.4, 0.5) is 0 Å². The largest absolute Gasteiger partial charge is 0.497 e. The monoisotopic (exact) mass is 345 g/mol. The molecule has 0 spiro atoms. The van der Waals surface area contributed by atoms with Crippen LogP contribution in [0, 0.1) is 0 Å². The molecule has 0 aliphatic carbocycles. The number of hydrogen-bond donors (Lipinski definition) is 1. The predicted octanol–water partition coefficient (Wildman–Crippen LogP) is 2.24. The lowest BCUT2D eigenvalue weighted by Crippen LogP contribution is -2.53. The van der Waals surface area contributed by atoms with Crippen LogP contribution < -0.4 is 4.74 Å². The summed E-state index contributed by atoms with van der Waals surface area (Å²) in [5.74, 6) is 2.34. The molecular weight excluding hydrogens is 318 g/mol. The number of benzene rings is 1. The van der Waals surface area contributed by atoms with E-state index in [1.54, 1.807) is 13.3 Å². The van der Waals surface area contributed by atoms with Crippen LogP contribution >= 0.6 is 0 Å². The number of β-amino-alcohol motifs (C(OH)–C–C–N with tert-alkyl or cyclic N) is 1. The molecule has 1 aromatic carbocycles. The highest BCUT2D eigenvalue weighted by atomic mass is 16.5. The van der Waals surface area contributed by atoms with E-state index in [9.17, 15) is 5.11 Å². The molecule has 136 valence electrons. The van der Waals surface area contributed by atoms with Crippen LogP contribution in [-0.2, 0) is 6.54 Å². The zero-order valence-corrected chi connectivity index (χ0v) is 15.2. The van der Waals surface area contributed by atoms with Crippen molar-refractivity contribution in [2.45, 2.75) is 32.5 Å². The minimum atomic E-state index is -0.284. The summed E-state index contributed by atoms with van der Waals surface area (Å²) in [4.78, 5) is 9.12. The standard InChI is InChI=1S/C19H27N3O3/c1-14-11-21(8-9-22(14)12-15(2)23)13-19-20-10-18(25-19)16-4-6-17(24-3)7-5-16/h4-7,10,14-15,23H,8-9,11-13H2,1-3H3/t14-,15+/m1/s1. The average molecular weight is 345 g/mol. The van der Waals surface area contributed by atoms with E-state index in [2.05, 4.69) is 21.7 Å². The van der Waals surface area contributed by atoms with Crippen molar-refractivity contribution in [1.29, 1.82) is 0 Å². The number of rotatable bonds is 6. The van der Waals surface area contributed by atoms with Crippen LogP contribution in [0.2, 0.25) is 0 Å². The molecule has 1 aliphatic rings. The van der Waals surface area contributed by atoms with Gasteiger partial charge in [0, 0.05) is 37.8 Å². The zero-order valence-electron chi connectivity index (χ0n) is 15.2. The summed E-state index contributed by atoms with van der Waals surface area (Å²) in [6.45, 7) is 8.35. The molecule has 0 amide bonds. The molecule has 2 heterocycles. The Kier molecular flexibility index (Phi) is 5.73. The van der Waals surface area contributed by atoms with E-state index in [4.69, 9.17) is 9.15 Å². The molecule has 1 aliphatic heterocycles. The van der Waals surface area contributed by atoms with Crippen LogP contribution in [0.25, 0.3) is 11.3 Å². The number of nitrogens with zero attached hydrogens (tertiary/aromatic N) is 3. The van der Waals surface area contributed by atoms with E-state index in [-0.39, 0.29) is 6.10 Å². The molecule has 0 unspecified atom stereocenters. The molecule has 2 atom stereocenters. The second-order valence-electron chi connectivity index (χ2n) is 6.77. The van der Waals surface area contributed by atoms with Crippen molar-refractivity contribution in [3.8, 4) is 17.1 Å². The number of methoxy groups -OCH3 is 1. The van der Waals surface area contributed by atoms with Gasteiger partial charge in [0.15, 0.2) is 5.76 Å². The minimum Gasteiger partial charge on any atom is -0.497 e.